The van der Waals surface area contributed by atoms with Gasteiger partial charge in [-0.2, -0.15) is 13.2 Å². The van der Waals surface area contributed by atoms with Crippen molar-refractivity contribution in [2.45, 2.75) is 32.4 Å². The van der Waals surface area contributed by atoms with Crippen LogP contribution in [0, 0.1) is 0 Å². The molecule has 0 radical (unpaired) electrons. The monoisotopic (exact) mass is 386 g/mol. The van der Waals surface area contributed by atoms with E-state index >= 15 is 0 Å². The Kier molecular flexibility index (Phi) is 6.79. The van der Waals surface area contributed by atoms with Crippen LogP contribution in [0.3, 0.4) is 0 Å². The maximum atomic E-state index is 12.9. The van der Waals surface area contributed by atoms with Crippen LogP contribution in [-0.4, -0.2) is 22.4 Å². The number of rotatable bonds is 7. The predicted octanol–water partition coefficient (Wildman–Crippen LogP) is 5.00. The van der Waals surface area contributed by atoms with E-state index in [0.717, 1.165) is 37.9 Å². The van der Waals surface area contributed by atoms with Gasteiger partial charge in [-0.15, -0.1) is 0 Å². The Hall–Kier alpha value is -2.35. The van der Waals surface area contributed by atoms with Crippen molar-refractivity contribution in [2.75, 3.05) is 17.2 Å². The van der Waals surface area contributed by atoms with Crippen LogP contribution < -0.4 is 10.6 Å². The molecule has 26 heavy (non-hydrogen) atoms. The van der Waals surface area contributed by atoms with Crippen LogP contribution in [-0.2, 0) is 6.18 Å². The van der Waals surface area contributed by atoms with Crippen molar-refractivity contribution >= 4 is 29.1 Å². The lowest BCUT2D eigenvalue weighted by Crippen LogP contribution is -2.15. The van der Waals surface area contributed by atoms with Crippen LogP contribution >= 0.6 is 11.6 Å². The van der Waals surface area contributed by atoms with Crippen molar-refractivity contribution in [1.82, 2.24) is 9.97 Å². The number of benzene rings is 1. The van der Waals surface area contributed by atoms with Gasteiger partial charge in [-0.05, 0) is 24.6 Å². The maximum absolute atomic E-state index is 12.9. The Morgan fingerprint density at radius 1 is 1.19 bits per heavy atom. The second kappa shape index (κ2) is 8.84. The highest BCUT2D eigenvalue weighted by Gasteiger charge is 2.33. The Morgan fingerprint density at radius 3 is 2.50 bits per heavy atom. The van der Waals surface area contributed by atoms with E-state index in [-0.39, 0.29) is 11.3 Å². The van der Waals surface area contributed by atoms with Gasteiger partial charge >= 0.3 is 6.18 Å². The molecule has 0 fully saturated rings. The SMILES string of the molecule is CCCCCNc1ncc(C(=O)Nc2ccc(Cl)c(C(F)(F)F)c2)cn1. The minimum atomic E-state index is -4.61. The molecule has 0 spiro atoms. The number of aromatic nitrogens is 2. The van der Waals surface area contributed by atoms with Crippen LogP contribution in [0.25, 0.3) is 0 Å². The fourth-order valence-electron chi connectivity index (χ4n) is 2.14. The molecule has 0 aliphatic rings. The Bertz CT molecular complexity index is 751. The van der Waals surface area contributed by atoms with Gasteiger partial charge in [-0.25, -0.2) is 9.97 Å². The first-order valence-corrected chi connectivity index (χ1v) is 8.43. The summed E-state index contributed by atoms with van der Waals surface area (Å²) in [5.41, 5.74) is -0.902. The van der Waals surface area contributed by atoms with E-state index in [1.165, 1.54) is 18.5 Å². The highest BCUT2D eigenvalue weighted by molar-refractivity contribution is 6.31. The van der Waals surface area contributed by atoms with Gasteiger partial charge in [0.25, 0.3) is 5.91 Å². The van der Waals surface area contributed by atoms with Gasteiger partial charge in [0.15, 0.2) is 0 Å². The van der Waals surface area contributed by atoms with Crippen LogP contribution in [0.4, 0.5) is 24.8 Å². The van der Waals surface area contributed by atoms with Crippen molar-refractivity contribution in [1.29, 1.82) is 0 Å². The number of carbonyl (C=O) groups is 1. The number of anilines is 2. The summed E-state index contributed by atoms with van der Waals surface area (Å²) < 4.78 is 38.6. The quantitative estimate of drug-likeness (QED) is 0.657. The molecule has 5 nitrogen and oxygen atoms in total. The molecule has 1 aromatic carbocycles. The van der Waals surface area contributed by atoms with Gasteiger partial charge in [-0.3, -0.25) is 4.79 Å². The number of hydrogen-bond acceptors (Lipinski definition) is 4. The summed E-state index contributed by atoms with van der Waals surface area (Å²) in [5, 5.41) is 4.98. The molecule has 0 unspecified atom stereocenters. The summed E-state index contributed by atoms with van der Waals surface area (Å²) in [7, 11) is 0. The first kappa shape index (κ1) is 20.0. The molecule has 0 bridgehead atoms. The lowest BCUT2D eigenvalue weighted by atomic mass is 10.2. The zero-order valence-corrected chi connectivity index (χ0v) is 14.8. The molecule has 140 valence electrons. The van der Waals surface area contributed by atoms with E-state index in [0.29, 0.717) is 5.95 Å². The van der Waals surface area contributed by atoms with Gasteiger partial charge in [-0.1, -0.05) is 31.4 Å². The van der Waals surface area contributed by atoms with Gasteiger partial charge < -0.3 is 10.6 Å². The number of nitrogens with zero attached hydrogens (tertiary/aromatic N) is 2. The average molecular weight is 387 g/mol. The first-order valence-electron chi connectivity index (χ1n) is 8.05. The highest BCUT2D eigenvalue weighted by atomic mass is 35.5. The van der Waals surface area contributed by atoms with Crippen molar-refractivity contribution in [3.05, 3.63) is 46.7 Å². The molecular formula is C17H18ClF3N4O. The molecule has 1 amide bonds. The number of halogens is 4. The molecule has 1 heterocycles. The van der Waals surface area contributed by atoms with Gasteiger partial charge in [0.2, 0.25) is 5.95 Å². The Morgan fingerprint density at radius 2 is 1.88 bits per heavy atom. The average Bonchev–Trinajstić information content (AvgIpc) is 2.60. The second-order valence-electron chi connectivity index (χ2n) is 5.58. The molecule has 0 aliphatic carbocycles. The lowest BCUT2D eigenvalue weighted by molar-refractivity contribution is -0.137. The fraction of sp³-hybridized carbons (Fsp3) is 0.353. The van der Waals surface area contributed by atoms with E-state index in [1.54, 1.807) is 0 Å². The maximum Gasteiger partial charge on any atom is 0.417 e. The molecule has 0 saturated carbocycles. The first-order chi connectivity index (χ1) is 12.3. The fourth-order valence-corrected chi connectivity index (χ4v) is 2.36. The van der Waals surface area contributed by atoms with E-state index < -0.39 is 22.7 Å². The van der Waals surface area contributed by atoms with E-state index in [1.807, 2.05) is 0 Å². The molecule has 2 N–H and O–H groups in total. The van der Waals surface area contributed by atoms with Crippen LogP contribution in [0.15, 0.2) is 30.6 Å². The number of unbranched alkanes of at least 4 members (excludes halogenated alkanes) is 2. The molecule has 0 atom stereocenters. The minimum absolute atomic E-state index is 0.0199. The summed E-state index contributed by atoms with van der Waals surface area (Å²) in [4.78, 5) is 20.2. The van der Waals surface area contributed by atoms with Gasteiger partial charge in [0.05, 0.1) is 16.1 Å². The normalized spacial score (nSPS) is 11.3. The third kappa shape index (κ3) is 5.59. The second-order valence-corrected chi connectivity index (χ2v) is 5.98. The molecular weight excluding hydrogens is 369 g/mol. The number of carbonyl (C=O) groups excluding carboxylic acids is 1. The van der Waals surface area contributed by atoms with Gasteiger partial charge in [0.1, 0.15) is 0 Å². The standard InChI is InChI=1S/C17H18ClF3N4O/c1-2-3-4-7-22-16-23-9-11(10-24-16)15(26)25-12-5-6-14(18)13(8-12)17(19,20)21/h5-6,8-10H,2-4,7H2,1H3,(H,25,26)(H,22,23,24). The third-order valence-electron chi connectivity index (χ3n) is 3.51. The highest BCUT2D eigenvalue weighted by Crippen LogP contribution is 2.36. The molecule has 1 aromatic heterocycles. The summed E-state index contributed by atoms with van der Waals surface area (Å²) in [6.07, 6.45) is 1.19. The van der Waals surface area contributed by atoms with Crippen molar-refractivity contribution in [3.63, 3.8) is 0 Å². The molecule has 9 heteroatoms. The largest absolute Gasteiger partial charge is 0.417 e. The smallest absolute Gasteiger partial charge is 0.354 e. The summed E-state index contributed by atoms with van der Waals surface area (Å²) in [6.45, 7) is 2.83. The number of amides is 1. The Labute approximate surface area is 154 Å². The number of hydrogen-bond donors (Lipinski definition) is 2. The summed E-state index contributed by atoms with van der Waals surface area (Å²) in [6, 6.07) is 3.16. The van der Waals surface area contributed by atoms with Gasteiger partial charge in [0, 0.05) is 24.6 Å². The van der Waals surface area contributed by atoms with Crippen LogP contribution in [0.5, 0.6) is 0 Å². The molecule has 0 saturated heterocycles. The van der Waals surface area contributed by atoms with E-state index in [2.05, 4.69) is 27.5 Å². The minimum Gasteiger partial charge on any atom is -0.354 e. The van der Waals surface area contributed by atoms with E-state index in [4.69, 9.17) is 11.6 Å². The zero-order valence-electron chi connectivity index (χ0n) is 14.0. The summed E-state index contributed by atoms with van der Waals surface area (Å²) in [5.74, 6) is -0.221. The lowest BCUT2D eigenvalue weighted by Gasteiger charge is -2.12. The van der Waals surface area contributed by atoms with Crippen molar-refractivity contribution in [2.24, 2.45) is 0 Å². The number of alkyl halides is 3. The zero-order chi connectivity index (χ0) is 19.2. The van der Waals surface area contributed by atoms with Crippen molar-refractivity contribution in [3.8, 4) is 0 Å². The van der Waals surface area contributed by atoms with Crippen molar-refractivity contribution < 1.29 is 18.0 Å². The topological polar surface area (TPSA) is 66.9 Å². The molecule has 2 aromatic rings. The summed E-state index contributed by atoms with van der Waals surface area (Å²) >= 11 is 5.55. The van der Waals surface area contributed by atoms with Crippen LogP contribution in [0.2, 0.25) is 5.02 Å². The Balaban J connectivity index is 2.01. The third-order valence-corrected chi connectivity index (χ3v) is 3.84. The predicted molar refractivity (Wildman–Crippen MR) is 94.5 cm³/mol. The number of nitrogens with one attached hydrogen (secondary N) is 2. The molecule has 0 aliphatic heterocycles. The van der Waals surface area contributed by atoms with E-state index in [9.17, 15) is 18.0 Å². The van der Waals surface area contributed by atoms with Crippen LogP contribution in [0.1, 0.15) is 42.1 Å². The molecule has 2 rings (SSSR count).